The summed E-state index contributed by atoms with van der Waals surface area (Å²) in [5.41, 5.74) is 1.73. The van der Waals surface area contributed by atoms with Crippen LogP contribution in [-0.2, 0) is 0 Å². The summed E-state index contributed by atoms with van der Waals surface area (Å²) in [6.45, 7) is 1.37. The molecule has 0 saturated heterocycles. The Morgan fingerprint density at radius 1 is 1.04 bits per heavy atom. The molecule has 0 atom stereocenters. The highest BCUT2D eigenvalue weighted by Crippen LogP contribution is 2.22. The van der Waals surface area contributed by atoms with Crippen LogP contribution < -0.4 is 10.6 Å². The highest BCUT2D eigenvalue weighted by Gasteiger charge is 2.11. The second kappa shape index (κ2) is 7.20. The number of nitrogens with one attached hydrogen (secondary N) is 2. The number of furan rings is 1. The first-order valence-electron chi connectivity index (χ1n) is 7.48. The third-order valence-corrected chi connectivity index (χ3v) is 3.68. The van der Waals surface area contributed by atoms with E-state index in [2.05, 4.69) is 10.6 Å². The fourth-order valence-corrected chi connectivity index (χ4v) is 2.47. The molecule has 1 amide bonds. The largest absolute Gasteiger partial charge is 0.451 e. The fraction of sp³-hybridized carbons (Fsp3) is 0.167. The molecule has 0 aliphatic rings. The van der Waals surface area contributed by atoms with Gasteiger partial charge in [0, 0.05) is 29.2 Å². The molecule has 0 unspecified atom stereocenters. The minimum Gasteiger partial charge on any atom is -0.451 e. The number of para-hydroxylation sites is 1. The van der Waals surface area contributed by atoms with Gasteiger partial charge in [-0.15, -0.1) is 0 Å². The van der Waals surface area contributed by atoms with Crippen LogP contribution in [-0.4, -0.2) is 19.0 Å². The highest BCUT2D eigenvalue weighted by molar-refractivity contribution is 6.31. The molecule has 2 aromatic carbocycles. The number of anilines is 1. The Morgan fingerprint density at radius 2 is 1.87 bits per heavy atom. The number of amides is 1. The van der Waals surface area contributed by atoms with Crippen LogP contribution in [0.1, 0.15) is 17.0 Å². The third-order valence-electron chi connectivity index (χ3n) is 3.44. The van der Waals surface area contributed by atoms with Gasteiger partial charge in [-0.2, -0.15) is 0 Å². The Balaban J connectivity index is 1.47. The van der Waals surface area contributed by atoms with Gasteiger partial charge in [0.25, 0.3) is 5.91 Å². The van der Waals surface area contributed by atoms with E-state index in [4.69, 9.17) is 16.0 Å². The van der Waals surface area contributed by atoms with Crippen molar-refractivity contribution in [1.82, 2.24) is 5.32 Å². The normalized spacial score (nSPS) is 10.7. The van der Waals surface area contributed by atoms with Gasteiger partial charge in [-0.1, -0.05) is 29.8 Å². The van der Waals surface area contributed by atoms with Crippen LogP contribution in [0.15, 0.2) is 59.0 Å². The summed E-state index contributed by atoms with van der Waals surface area (Å²) in [5, 5.41) is 7.60. The molecule has 23 heavy (non-hydrogen) atoms. The summed E-state index contributed by atoms with van der Waals surface area (Å²) in [6, 6.07) is 17.0. The van der Waals surface area contributed by atoms with Gasteiger partial charge >= 0.3 is 0 Å². The summed E-state index contributed by atoms with van der Waals surface area (Å²) < 4.78 is 5.52. The third kappa shape index (κ3) is 4.05. The lowest BCUT2D eigenvalue weighted by atomic mass is 10.2. The van der Waals surface area contributed by atoms with E-state index < -0.39 is 0 Å². The molecule has 0 radical (unpaired) electrons. The molecule has 0 saturated carbocycles. The van der Waals surface area contributed by atoms with Crippen molar-refractivity contribution < 1.29 is 9.21 Å². The van der Waals surface area contributed by atoms with Gasteiger partial charge in [0.05, 0.1) is 0 Å². The van der Waals surface area contributed by atoms with Crippen molar-refractivity contribution in [2.75, 3.05) is 18.4 Å². The average Bonchev–Trinajstić information content (AvgIpc) is 2.98. The van der Waals surface area contributed by atoms with Gasteiger partial charge in [-0.3, -0.25) is 4.79 Å². The summed E-state index contributed by atoms with van der Waals surface area (Å²) in [4.78, 5) is 12.1. The van der Waals surface area contributed by atoms with Crippen LogP contribution in [0.3, 0.4) is 0 Å². The maximum absolute atomic E-state index is 12.1. The molecular formula is C18H17ClN2O2. The topological polar surface area (TPSA) is 54.3 Å². The van der Waals surface area contributed by atoms with Crippen molar-refractivity contribution in [3.05, 3.63) is 65.4 Å². The first-order chi connectivity index (χ1) is 11.2. The summed E-state index contributed by atoms with van der Waals surface area (Å²) in [6.07, 6.45) is 0.826. The smallest absolute Gasteiger partial charge is 0.287 e. The SMILES string of the molecule is O=C(NCCCNc1ccccc1)c1cc2cc(Cl)ccc2o1. The zero-order chi connectivity index (χ0) is 16.1. The van der Waals surface area contributed by atoms with Gasteiger partial charge < -0.3 is 15.1 Å². The molecule has 118 valence electrons. The van der Waals surface area contributed by atoms with Crippen molar-refractivity contribution in [1.29, 1.82) is 0 Å². The molecule has 3 rings (SSSR count). The quantitative estimate of drug-likeness (QED) is 0.663. The number of fused-ring (bicyclic) bond motifs is 1. The average molecular weight is 329 g/mol. The lowest BCUT2D eigenvalue weighted by Gasteiger charge is -2.06. The molecule has 1 aromatic heterocycles. The molecule has 5 heteroatoms. The minimum atomic E-state index is -0.211. The second-order valence-corrected chi connectivity index (χ2v) is 5.63. The van der Waals surface area contributed by atoms with E-state index in [1.54, 1.807) is 24.3 Å². The number of rotatable bonds is 6. The number of halogens is 1. The number of carbonyl (C=O) groups excluding carboxylic acids is 1. The van der Waals surface area contributed by atoms with E-state index in [0.717, 1.165) is 24.0 Å². The first kappa shape index (κ1) is 15.4. The predicted octanol–water partition coefficient (Wildman–Crippen LogP) is 4.32. The highest BCUT2D eigenvalue weighted by atomic mass is 35.5. The molecule has 0 bridgehead atoms. The molecule has 0 fully saturated rings. The standard InChI is InChI=1S/C18H17ClN2O2/c19-14-7-8-16-13(11-14)12-17(23-16)18(22)21-10-4-9-20-15-5-2-1-3-6-15/h1-3,5-8,11-12,20H,4,9-10H2,(H,21,22). The van der Waals surface area contributed by atoms with Gasteiger partial charge in [-0.25, -0.2) is 0 Å². The van der Waals surface area contributed by atoms with Crippen molar-refractivity contribution in [2.45, 2.75) is 6.42 Å². The molecule has 2 N–H and O–H groups in total. The summed E-state index contributed by atoms with van der Waals surface area (Å²) >= 11 is 5.93. The lowest BCUT2D eigenvalue weighted by molar-refractivity contribution is 0.0928. The van der Waals surface area contributed by atoms with Gasteiger partial charge in [0.2, 0.25) is 0 Å². The van der Waals surface area contributed by atoms with Crippen molar-refractivity contribution in [3.8, 4) is 0 Å². The van der Waals surface area contributed by atoms with Gasteiger partial charge in [-0.05, 0) is 42.8 Å². The van der Waals surface area contributed by atoms with E-state index in [-0.39, 0.29) is 5.91 Å². The number of benzene rings is 2. The van der Waals surface area contributed by atoms with Crippen LogP contribution in [0.4, 0.5) is 5.69 Å². The van der Waals surface area contributed by atoms with E-state index in [0.29, 0.717) is 22.9 Å². The van der Waals surface area contributed by atoms with Crippen LogP contribution in [0.5, 0.6) is 0 Å². The molecule has 0 aliphatic heterocycles. The summed E-state index contributed by atoms with van der Waals surface area (Å²) in [7, 11) is 0. The zero-order valence-corrected chi connectivity index (χ0v) is 13.3. The second-order valence-electron chi connectivity index (χ2n) is 5.20. The first-order valence-corrected chi connectivity index (χ1v) is 7.86. The minimum absolute atomic E-state index is 0.211. The van der Waals surface area contributed by atoms with E-state index in [1.807, 2.05) is 30.3 Å². The molecule has 1 heterocycles. The fourth-order valence-electron chi connectivity index (χ4n) is 2.29. The van der Waals surface area contributed by atoms with Crippen LogP contribution in [0.25, 0.3) is 11.0 Å². The Morgan fingerprint density at radius 3 is 2.70 bits per heavy atom. The monoisotopic (exact) mass is 328 g/mol. The zero-order valence-electron chi connectivity index (χ0n) is 12.5. The number of hydrogen-bond acceptors (Lipinski definition) is 3. The predicted molar refractivity (Wildman–Crippen MR) is 93.1 cm³/mol. The molecular weight excluding hydrogens is 312 g/mol. The molecule has 0 aliphatic carbocycles. The van der Waals surface area contributed by atoms with Gasteiger partial charge in [0.15, 0.2) is 5.76 Å². The van der Waals surface area contributed by atoms with Crippen molar-refractivity contribution >= 4 is 34.2 Å². The Bertz CT molecular complexity index is 799. The lowest BCUT2D eigenvalue weighted by Crippen LogP contribution is -2.25. The van der Waals surface area contributed by atoms with E-state index >= 15 is 0 Å². The van der Waals surface area contributed by atoms with E-state index in [9.17, 15) is 4.79 Å². The van der Waals surface area contributed by atoms with Crippen LogP contribution in [0, 0.1) is 0 Å². The Labute approximate surface area is 139 Å². The summed E-state index contributed by atoms with van der Waals surface area (Å²) in [5.74, 6) is 0.0929. The van der Waals surface area contributed by atoms with Crippen molar-refractivity contribution in [2.24, 2.45) is 0 Å². The number of hydrogen-bond donors (Lipinski definition) is 2. The number of carbonyl (C=O) groups is 1. The maximum Gasteiger partial charge on any atom is 0.287 e. The Hall–Kier alpha value is -2.46. The Kier molecular flexibility index (Phi) is 4.83. The maximum atomic E-state index is 12.1. The van der Waals surface area contributed by atoms with Gasteiger partial charge in [0.1, 0.15) is 5.58 Å². The van der Waals surface area contributed by atoms with E-state index in [1.165, 1.54) is 0 Å². The van der Waals surface area contributed by atoms with Crippen molar-refractivity contribution in [3.63, 3.8) is 0 Å². The van der Waals surface area contributed by atoms with Crippen LogP contribution >= 0.6 is 11.6 Å². The molecule has 0 spiro atoms. The van der Waals surface area contributed by atoms with Crippen LogP contribution in [0.2, 0.25) is 5.02 Å². The molecule has 4 nitrogen and oxygen atoms in total. The molecule has 3 aromatic rings.